The Morgan fingerprint density at radius 3 is 2.64 bits per heavy atom. The Morgan fingerprint density at radius 2 is 1.89 bits per heavy atom. The Morgan fingerprint density at radius 1 is 1.14 bits per heavy atom. The van der Waals surface area contributed by atoms with Gasteiger partial charge < -0.3 is 11.1 Å². The molecule has 1 aliphatic rings. The highest BCUT2D eigenvalue weighted by atomic mass is 35.5. The number of aromatic nitrogens is 5. The maximum Gasteiger partial charge on any atom is 0.277 e. The van der Waals surface area contributed by atoms with Gasteiger partial charge >= 0.3 is 0 Å². The first-order valence-corrected chi connectivity index (χ1v) is 9.22. The number of hydrogen-bond acceptors (Lipinski definition) is 5. The Balaban J connectivity index is 0.00000225. The Hall–Kier alpha value is -2.71. The van der Waals surface area contributed by atoms with E-state index in [1.807, 2.05) is 30.3 Å². The van der Waals surface area contributed by atoms with Crippen molar-refractivity contribution in [3.8, 4) is 0 Å². The number of nitrogens with zero attached hydrogens (tertiary/aromatic N) is 5. The van der Waals surface area contributed by atoms with Crippen molar-refractivity contribution in [3.05, 3.63) is 60.2 Å². The lowest BCUT2D eigenvalue weighted by atomic mass is 9.92. The van der Waals surface area contributed by atoms with Crippen molar-refractivity contribution in [1.29, 1.82) is 0 Å². The van der Waals surface area contributed by atoms with Crippen LogP contribution < -0.4 is 11.1 Å². The van der Waals surface area contributed by atoms with E-state index < -0.39 is 0 Å². The van der Waals surface area contributed by atoms with E-state index in [9.17, 15) is 4.79 Å². The van der Waals surface area contributed by atoms with E-state index >= 15 is 0 Å². The topological polar surface area (TPSA) is 104 Å². The molecule has 1 aliphatic carbocycles. The van der Waals surface area contributed by atoms with Crippen LogP contribution in [0.1, 0.15) is 47.8 Å². The van der Waals surface area contributed by atoms with Crippen molar-refractivity contribution in [2.45, 2.75) is 44.3 Å². The second-order valence-electron chi connectivity index (χ2n) is 7.02. The normalized spacial score (nSPS) is 19.0. The number of carbonyl (C=O) groups is 1. The van der Waals surface area contributed by atoms with Gasteiger partial charge in [-0.15, -0.1) is 17.5 Å². The molecule has 1 amide bonds. The van der Waals surface area contributed by atoms with Gasteiger partial charge in [-0.1, -0.05) is 35.5 Å². The summed E-state index contributed by atoms with van der Waals surface area (Å²) in [6, 6.07) is 10.6. The average molecular weight is 402 g/mol. The number of carbonyl (C=O) groups excluding carboxylic acids is 1. The van der Waals surface area contributed by atoms with Gasteiger partial charge in [0, 0.05) is 12.2 Å². The summed E-state index contributed by atoms with van der Waals surface area (Å²) < 4.78 is 3.58. The van der Waals surface area contributed by atoms with E-state index in [1.54, 1.807) is 28.0 Å². The number of hydrogen-bond donors (Lipinski definition) is 2. The minimum Gasteiger partial charge on any atom is -0.328 e. The smallest absolute Gasteiger partial charge is 0.277 e. The van der Waals surface area contributed by atoms with Crippen LogP contribution >= 0.6 is 12.4 Å². The van der Waals surface area contributed by atoms with Crippen molar-refractivity contribution >= 4 is 24.0 Å². The molecular formula is C19H24ClN7O. The van der Waals surface area contributed by atoms with E-state index in [0.29, 0.717) is 17.9 Å². The molecule has 1 aromatic carbocycles. The molecule has 28 heavy (non-hydrogen) atoms. The molecule has 1 saturated carbocycles. The third kappa shape index (κ3) is 4.76. The summed E-state index contributed by atoms with van der Waals surface area (Å²) >= 11 is 0. The molecule has 148 valence electrons. The zero-order valence-corrected chi connectivity index (χ0v) is 16.3. The molecule has 0 aliphatic heterocycles. The first kappa shape index (κ1) is 20.0. The fraction of sp³-hybridized carbons (Fsp3) is 0.368. The SMILES string of the molecule is Cl.NC1CCC(n2cc(C(=O)Nc3cnn(Cc4ccccc4)c3)nn2)CC1. The minimum atomic E-state index is -0.284. The second-order valence-corrected chi connectivity index (χ2v) is 7.02. The molecule has 3 N–H and O–H groups in total. The lowest BCUT2D eigenvalue weighted by molar-refractivity contribution is 0.102. The summed E-state index contributed by atoms with van der Waals surface area (Å²) in [5.74, 6) is -0.284. The van der Waals surface area contributed by atoms with Crippen LogP contribution in [0.2, 0.25) is 0 Å². The van der Waals surface area contributed by atoms with Crippen molar-refractivity contribution in [1.82, 2.24) is 24.8 Å². The molecule has 0 spiro atoms. The van der Waals surface area contributed by atoms with Gasteiger partial charge in [0.25, 0.3) is 5.91 Å². The standard InChI is InChI=1S/C19H23N7O.ClH/c20-15-6-8-17(9-7-15)26-13-18(23-24-26)19(27)22-16-10-21-25(12-16)11-14-4-2-1-3-5-14;/h1-5,10,12-13,15,17H,6-9,11,20H2,(H,22,27);1H. The summed E-state index contributed by atoms with van der Waals surface area (Å²) in [4.78, 5) is 12.4. The zero-order chi connectivity index (χ0) is 18.6. The third-order valence-corrected chi connectivity index (χ3v) is 4.94. The van der Waals surface area contributed by atoms with Gasteiger partial charge in [-0.05, 0) is 31.2 Å². The molecule has 2 aromatic heterocycles. The van der Waals surface area contributed by atoms with Gasteiger partial charge in [-0.2, -0.15) is 5.10 Å². The zero-order valence-electron chi connectivity index (χ0n) is 15.4. The summed E-state index contributed by atoms with van der Waals surface area (Å²) in [6.07, 6.45) is 9.05. The van der Waals surface area contributed by atoms with Crippen LogP contribution in [-0.4, -0.2) is 36.7 Å². The van der Waals surface area contributed by atoms with E-state index in [1.165, 1.54) is 0 Å². The Kier molecular flexibility index (Phi) is 6.43. The molecule has 0 bridgehead atoms. The van der Waals surface area contributed by atoms with E-state index in [-0.39, 0.29) is 30.4 Å². The third-order valence-electron chi connectivity index (χ3n) is 4.94. The van der Waals surface area contributed by atoms with Gasteiger partial charge in [0.1, 0.15) is 0 Å². The average Bonchev–Trinajstić information content (AvgIpc) is 3.33. The second kappa shape index (κ2) is 8.99. The van der Waals surface area contributed by atoms with Crippen LogP contribution in [0, 0.1) is 0 Å². The number of halogens is 1. The highest BCUT2D eigenvalue weighted by molar-refractivity contribution is 6.02. The van der Waals surface area contributed by atoms with Gasteiger partial charge in [-0.25, -0.2) is 4.68 Å². The molecule has 4 rings (SSSR count). The maximum absolute atomic E-state index is 12.4. The quantitative estimate of drug-likeness (QED) is 0.683. The number of nitrogens with two attached hydrogens (primary N) is 1. The molecule has 0 radical (unpaired) electrons. The molecule has 0 atom stereocenters. The molecule has 1 fully saturated rings. The fourth-order valence-electron chi connectivity index (χ4n) is 3.41. The van der Waals surface area contributed by atoms with Crippen LogP contribution in [0.4, 0.5) is 5.69 Å². The van der Waals surface area contributed by atoms with E-state index in [2.05, 4.69) is 20.7 Å². The van der Waals surface area contributed by atoms with E-state index in [0.717, 1.165) is 31.2 Å². The summed E-state index contributed by atoms with van der Waals surface area (Å²) in [5, 5.41) is 15.3. The first-order chi connectivity index (χ1) is 13.2. The lowest BCUT2D eigenvalue weighted by Crippen LogP contribution is -2.28. The summed E-state index contributed by atoms with van der Waals surface area (Å²) in [7, 11) is 0. The number of rotatable bonds is 5. The molecule has 0 unspecified atom stereocenters. The van der Waals surface area contributed by atoms with E-state index in [4.69, 9.17) is 5.73 Å². The van der Waals surface area contributed by atoms with Gasteiger partial charge in [-0.3, -0.25) is 9.48 Å². The van der Waals surface area contributed by atoms with Crippen molar-refractivity contribution < 1.29 is 4.79 Å². The monoisotopic (exact) mass is 401 g/mol. The molecule has 2 heterocycles. The molecule has 8 nitrogen and oxygen atoms in total. The molecule has 9 heteroatoms. The molecule has 0 saturated heterocycles. The van der Waals surface area contributed by atoms with Crippen LogP contribution in [0.15, 0.2) is 48.9 Å². The largest absolute Gasteiger partial charge is 0.328 e. The number of anilines is 1. The predicted octanol–water partition coefficient (Wildman–Crippen LogP) is 2.64. The van der Waals surface area contributed by atoms with Crippen LogP contribution in [0.25, 0.3) is 0 Å². The summed E-state index contributed by atoms with van der Waals surface area (Å²) in [5.41, 5.74) is 8.03. The highest BCUT2D eigenvalue weighted by Gasteiger charge is 2.22. The Labute approximate surface area is 169 Å². The fourth-order valence-corrected chi connectivity index (χ4v) is 3.41. The lowest BCUT2D eigenvalue weighted by Gasteiger charge is -2.25. The Bertz CT molecular complexity index is 900. The van der Waals surface area contributed by atoms with Gasteiger partial charge in [0.05, 0.1) is 30.7 Å². The van der Waals surface area contributed by atoms with Gasteiger partial charge in [0.15, 0.2) is 5.69 Å². The van der Waals surface area contributed by atoms with Crippen LogP contribution in [0.5, 0.6) is 0 Å². The van der Waals surface area contributed by atoms with Crippen molar-refractivity contribution in [2.75, 3.05) is 5.32 Å². The maximum atomic E-state index is 12.4. The van der Waals surface area contributed by atoms with Crippen LogP contribution in [0.3, 0.4) is 0 Å². The molecular weight excluding hydrogens is 378 g/mol. The number of nitrogens with one attached hydrogen (secondary N) is 1. The van der Waals surface area contributed by atoms with Gasteiger partial charge in [0.2, 0.25) is 0 Å². The first-order valence-electron chi connectivity index (χ1n) is 9.22. The predicted molar refractivity (Wildman–Crippen MR) is 108 cm³/mol. The van der Waals surface area contributed by atoms with Crippen LogP contribution in [-0.2, 0) is 6.54 Å². The number of benzene rings is 1. The highest BCUT2D eigenvalue weighted by Crippen LogP contribution is 2.26. The minimum absolute atomic E-state index is 0. The number of amides is 1. The van der Waals surface area contributed by atoms with Crippen molar-refractivity contribution in [2.24, 2.45) is 5.73 Å². The summed E-state index contributed by atoms with van der Waals surface area (Å²) in [6.45, 7) is 0.650. The van der Waals surface area contributed by atoms with Crippen molar-refractivity contribution in [3.63, 3.8) is 0 Å². The molecule has 3 aromatic rings.